The molecule has 2 fully saturated rings. The molecule has 0 saturated carbocycles. The van der Waals surface area contributed by atoms with Crippen LogP contribution in [0.3, 0.4) is 0 Å². The lowest BCUT2D eigenvalue weighted by Gasteiger charge is -2.41. The standard InChI is InChI=1S/C13H17ClN4O/c1-2-13(19)17-7-9-3-4-10(8-17)18(9)12-6-5-11(14)15-16-12/h5-6,9-10H,2-4,7-8H2,1H3/t9-,10+. The quantitative estimate of drug-likeness (QED) is 0.828. The zero-order chi connectivity index (χ0) is 13.4. The molecule has 0 N–H and O–H groups in total. The number of amides is 1. The average Bonchev–Trinajstić information content (AvgIpc) is 2.69. The Morgan fingerprint density at radius 1 is 1.32 bits per heavy atom. The Balaban J connectivity index is 1.80. The van der Waals surface area contributed by atoms with Crippen LogP contribution in [0.4, 0.5) is 5.82 Å². The van der Waals surface area contributed by atoms with Gasteiger partial charge in [-0.05, 0) is 25.0 Å². The van der Waals surface area contributed by atoms with E-state index in [2.05, 4.69) is 15.1 Å². The van der Waals surface area contributed by atoms with Gasteiger partial charge in [0.05, 0.1) is 0 Å². The number of piperazine rings is 1. The molecule has 0 aromatic carbocycles. The summed E-state index contributed by atoms with van der Waals surface area (Å²) in [7, 11) is 0. The molecule has 19 heavy (non-hydrogen) atoms. The maximum Gasteiger partial charge on any atom is 0.222 e. The maximum absolute atomic E-state index is 11.8. The minimum absolute atomic E-state index is 0.249. The molecule has 0 unspecified atom stereocenters. The summed E-state index contributed by atoms with van der Waals surface area (Å²) in [6.45, 7) is 3.52. The van der Waals surface area contributed by atoms with E-state index in [1.807, 2.05) is 17.9 Å². The molecule has 3 heterocycles. The van der Waals surface area contributed by atoms with E-state index in [-0.39, 0.29) is 5.91 Å². The van der Waals surface area contributed by atoms with Gasteiger partial charge in [-0.25, -0.2) is 0 Å². The monoisotopic (exact) mass is 280 g/mol. The lowest BCUT2D eigenvalue weighted by atomic mass is 10.1. The Morgan fingerprint density at radius 3 is 2.53 bits per heavy atom. The van der Waals surface area contributed by atoms with Crippen molar-refractivity contribution in [2.24, 2.45) is 0 Å². The third-order valence-electron chi connectivity index (χ3n) is 4.02. The molecule has 3 rings (SSSR count). The van der Waals surface area contributed by atoms with Crippen LogP contribution in [0.5, 0.6) is 0 Å². The van der Waals surface area contributed by atoms with Gasteiger partial charge in [0.2, 0.25) is 5.91 Å². The molecule has 0 radical (unpaired) electrons. The Labute approximate surface area is 117 Å². The smallest absolute Gasteiger partial charge is 0.222 e. The highest BCUT2D eigenvalue weighted by Gasteiger charge is 2.41. The lowest BCUT2D eigenvalue weighted by Crippen LogP contribution is -2.55. The second-order valence-corrected chi connectivity index (χ2v) is 5.55. The predicted molar refractivity (Wildman–Crippen MR) is 73.2 cm³/mol. The molecule has 2 bridgehead atoms. The first-order valence-corrected chi connectivity index (χ1v) is 7.12. The average molecular weight is 281 g/mol. The summed E-state index contributed by atoms with van der Waals surface area (Å²) >= 11 is 5.78. The second-order valence-electron chi connectivity index (χ2n) is 5.16. The summed E-state index contributed by atoms with van der Waals surface area (Å²) in [5.74, 6) is 1.12. The molecule has 1 amide bonds. The molecule has 0 spiro atoms. The molecular weight excluding hydrogens is 264 g/mol. The van der Waals surface area contributed by atoms with Crippen LogP contribution in [-0.2, 0) is 4.79 Å². The molecule has 102 valence electrons. The largest absolute Gasteiger partial charge is 0.346 e. The zero-order valence-electron chi connectivity index (χ0n) is 10.9. The summed E-state index contributed by atoms with van der Waals surface area (Å²) < 4.78 is 0. The molecule has 0 aliphatic carbocycles. The number of likely N-dealkylation sites (tertiary alicyclic amines) is 1. The maximum atomic E-state index is 11.8. The Bertz CT molecular complexity index is 464. The van der Waals surface area contributed by atoms with Crippen molar-refractivity contribution in [2.45, 2.75) is 38.3 Å². The number of fused-ring (bicyclic) bond motifs is 2. The Kier molecular flexibility index (Phi) is 3.31. The van der Waals surface area contributed by atoms with Crippen LogP contribution in [0.25, 0.3) is 0 Å². The molecule has 2 atom stereocenters. The van der Waals surface area contributed by atoms with E-state index >= 15 is 0 Å². The van der Waals surface area contributed by atoms with E-state index in [0.717, 1.165) is 31.7 Å². The highest BCUT2D eigenvalue weighted by Crippen LogP contribution is 2.33. The minimum atomic E-state index is 0.249. The summed E-state index contributed by atoms with van der Waals surface area (Å²) in [6.07, 6.45) is 2.81. The van der Waals surface area contributed by atoms with Crippen molar-refractivity contribution >= 4 is 23.3 Å². The van der Waals surface area contributed by atoms with Gasteiger partial charge in [-0.15, -0.1) is 10.2 Å². The van der Waals surface area contributed by atoms with Crippen LogP contribution >= 0.6 is 11.6 Å². The van der Waals surface area contributed by atoms with Crippen molar-refractivity contribution in [2.75, 3.05) is 18.0 Å². The highest BCUT2D eigenvalue weighted by atomic mass is 35.5. The van der Waals surface area contributed by atoms with Crippen LogP contribution < -0.4 is 4.90 Å². The van der Waals surface area contributed by atoms with Gasteiger partial charge in [0.25, 0.3) is 0 Å². The van der Waals surface area contributed by atoms with Crippen LogP contribution in [0.1, 0.15) is 26.2 Å². The van der Waals surface area contributed by atoms with Crippen LogP contribution in [0.2, 0.25) is 5.15 Å². The molecule has 2 aliphatic heterocycles. The number of aromatic nitrogens is 2. The van der Waals surface area contributed by atoms with Gasteiger partial charge in [0.15, 0.2) is 11.0 Å². The Hall–Kier alpha value is -1.36. The van der Waals surface area contributed by atoms with E-state index in [9.17, 15) is 4.79 Å². The number of carbonyl (C=O) groups excluding carboxylic acids is 1. The van der Waals surface area contributed by atoms with Gasteiger partial charge in [-0.2, -0.15) is 0 Å². The van der Waals surface area contributed by atoms with E-state index < -0.39 is 0 Å². The van der Waals surface area contributed by atoms with Crippen molar-refractivity contribution in [3.63, 3.8) is 0 Å². The summed E-state index contributed by atoms with van der Waals surface area (Å²) in [6, 6.07) is 4.42. The van der Waals surface area contributed by atoms with E-state index in [1.165, 1.54) is 0 Å². The topological polar surface area (TPSA) is 49.3 Å². The Morgan fingerprint density at radius 2 is 2.00 bits per heavy atom. The molecule has 2 saturated heterocycles. The number of hydrogen-bond donors (Lipinski definition) is 0. The van der Waals surface area contributed by atoms with E-state index in [0.29, 0.717) is 23.7 Å². The molecule has 1 aromatic heterocycles. The number of anilines is 1. The molecule has 5 nitrogen and oxygen atoms in total. The predicted octanol–water partition coefficient (Wildman–Crippen LogP) is 1.72. The molecule has 1 aromatic rings. The SMILES string of the molecule is CCC(=O)N1C[C@H]2CC[C@@H](C1)N2c1ccc(Cl)nn1. The van der Waals surface area contributed by atoms with Crippen molar-refractivity contribution in [1.82, 2.24) is 15.1 Å². The second kappa shape index (κ2) is 4.96. The van der Waals surface area contributed by atoms with Gasteiger partial charge in [0, 0.05) is 31.6 Å². The summed E-state index contributed by atoms with van der Waals surface area (Å²) in [4.78, 5) is 16.1. The number of rotatable bonds is 2. The van der Waals surface area contributed by atoms with Gasteiger partial charge < -0.3 is 9.80 Å². The first-order chi connectivity index (χ1) is 9.19. The van der Waals surface area contributed by atoms with Crippen LogP contribution in [0, 0.1) is 0 Å². The first kappa shape index (κ1) is 12.7. The van der Waals surface area contributed by atoms with Crippen LogP contribution in [-0.4, -0.2) is 46.2 Å². The fourth-order valence-corrected chi connectivity index (χ4v) is 3.25. The minimum Gasteiger partial charge on any atom is -0.346 e. The number of carbonyl (C=O) groups is 1. The van der Waals surface area contributed by atoms with Gasteiger partial charge in [-0.3, -0.25) is 4.79 Å². The fourth-order valence-electron chi connectivity index (χ4n) is 3.15. The molecular formula is C13H17ClN4O. The van der Waals surface area contributed by atoms with Gasteiger partial charge in [0.1, 0.15) is 0 Å². The first-order valence-electron chi connectivity index (χ1n) is 6.74. The normalized spacial score (nSPS) is 25.8. The molecule has 2 aliphatic rings. The third-order valence-corrected chi connectivity index (χ3v) is 4.22. The van der Waals surface area contributed by atoms with Gasteiger partial charge >= 0.3 is 0 Å². The number of nitrogens with zero attached hydrogens (tertiary/aromatic N) is 4. The van der Waals surface area contributed by atoms with E-state index in [1.54, 1.807) is 6.07 Å². The van der Waals surface area contributed by atoms with Crippen LogP contribution in [0.15, 0.2) is 12.1 Å². The summed E-state index contributed by atoms with van der Waals surface area (Å²) in [5, 5.41) is 8.50. The lowest BCUT2D eigenvalue weighted by molar-refractivity contribution is -0.131. The highest BCUT2D eigenvalue weighted by molar-refractivity contribution is 6.29. The number of halogens is 1. The zero-order valence-corrected chi connectivity index (χ0v) is 11.7. The van der Waals surface area contributed by atoms with Gasteiger partial charge in [-0.1, -0.05) is 18.5 Å². The summed E-state index contributed by atoms with van der Waals surface area (Å²) in [5.41, 5.74) is 0. The van der Waals surface area contributed by atoms with E-state index in [4.69, 9.17) is 11.6 Å². The van der Waals surface area contributed by atoms with Crippen molar-refractivity contribution in [1.29, 1.82) is 0 Å². The fraction of sp³-hybridized carbons (Fsp3) is 0.615. The van der Waals surface area contributed by atoms with Crippen molar-refractivity contribution in [3.8, 4) is 0 Å². The molecule has 6 heteroatoms. The number of hydrogen-bond acceptors (Lipinski definition) is 4. The third kappa shape index (κ3) is 2.27. The van der Waals surface area contributed by atoms with Crippen molar-refractivity contribution in [3.05, 3.63) is 17.3 Å². The van der Waals surface area contributed by atoms with Crippen molar-refractivity contribution < 1.29 is 4.79 Å².